The van der Waals surface area contributed by atoms with Crippen LogP contribution in [0, 0.1) is 5.82 Å². The molecule has 2 rings (SSSR count). The number of nitrogens with two attached hydrogens (primary N) is 1. The molecule has 0 bridgehead atoms. The summed E-state index contributed by atoms with van der Waals surface area (Å²) in [5.74, 6) is -0.360. The molecule has 2 aromatic rings. The number of benzene rings is 2. The summed E-state index contributed by atoms with van der Waals surface area (Å²) in [6.07, 6.45) is 0. The maximum atomic E-state index is 13.8. The molecule has 0 aliphatic carbocycles. The fourth-order valence-electron chi connectivity index (χ4n) is 1.75. The standard InChI is InChI=1S/C14H14ClFN2/c1-18(12-7-5-11(17)6-8-12)9-10-3-2-4-13(15)14(10)16/h2-8H,9,17H2,1H3. The highest BCUT2D eigenvalue weighted by Crippen LogP contribution is 2.22. The Balaban J connectivity index is 2.18. The van der Waals surface area contributed by atoms with Crippen molar-refractivity contribution in [3.63, 3.8) is 0 Å². The van der Waals surface area contributed by atoms with E-state index in [0.717, 1.165) is 5.69 Å². The molecule has 0 radical (unpaired) electrons. The second-order valence-corrected chi connectivity index (χ2v) is 4.57. The van der Waals surface area contributed by atoms with Crippen molar-refractivity contribution < 1.29 is 4.39 Å². The van der Waals surface area contributed by atoms with Gasteiger partial charge in [-0.1, -0.05) is 23.7 Å². The van der Waals surface area contributed by atoms with Crippen LogP contribution in [0.2, 0.25) is 5.02 Å². The third-order valence-electron chi connectivity index (χ3n) is 2.77. The van der Waals surface area contributed by atoms with Gasteiger partial charge in [-0.05, 0) is 30.3 Å². The van der Waals surface area contributed by atoms with Crippen LogP contribution >= 0.6 is 11.6 Å². The summed E-state index contributed by atoms with van der Waals surface area (Å²) < 4.78 is 13.8. The predicted octanol–water partition coefficient (Wildman–Crippen LogP) is 3.70. The van der Waals surface area contributed by atoms with E-state index in [4.69, 9.17) is 17.3 Å². The SMILES string of the molecule is CN(Cc1cccc(Cl)c1F)c1ccc(N)cc1. The number of nitrogens with zero attached hydrogens (tertiary/aromatic N) is 1. The number of nitrogen functional groups attached to an aromatic ring is 1. The van der Waals surface area contributed by atoms with E-state index in [1.54, 1.807) is 18.2 Å². The zero-order chi connectivity index (χ0) is 13.1. The Bertz CT molecular complexity index is 540. The number of anilines is 2. The first-order chi connectivity index (χ1) is 8.58. The van der Waals surface area contributed by atoms with Gasteiger partial charge in [0.25, 0.3) is 0 Å². The second-order valence-electron chi connectivity index (χ2n) is 4.16. The largest absolute Gasteiger partial charge is 0.399 e. The summed E-state index contributed by atoms with van der Waals surface area (Å²) >= 11 is 5.75. The Morgan fingerprint density at radius 3 is 2.50 bits per heavy atom. The van der Waals surface area contributed by atoms with Crippen molar-refractivity contribution in [3.05, 3.63) is 58.9 Å². The van der Waals surface area contributed by atoms with Crippen LogP contribution in [0.5, 0.6) is 0 Å². The van der Waals surface area contributed by atoms with Crippen LogP contribution < -0.4 is 10.6 Å². The number of hydrogen-bond donors (Lipinski definition) is 1. The van der Waals surface area contributed by atoms with Gasteiger partial charge >= 0.3 is 0 Å². The van der Waals surface area contributed by atoms with Crippen molar-refractivity contribution in [1.82, 2.24) is 0 Å². The van der Waals surface area contributed by atoms with E-state index in [0.29, 0.717) is 17.8 Å². The van der Waals surface area contributed by atoms with Gasteiger partial charge in [-0.15, -0.1) is 0 Å². The highest BCUT2D eigenvalue weighted by Gasteiger charge is 2.09. The monoisotopic (exact) mass is 264 g/mol. The van der Waals surface area contributed by atoms with Gasteiger partial charge in [0.05, 0.1) is 5.02 Å². The lowest BCUT2D eigenvalue weighted by molar-refractivity contribution is 0.608. The van der Waals surface area contributed by atoms with Crippen molar-refractivity contribution in [1.29, 1.82) is 0 Å². The summed E-state index contributed by atoms with van der Waals surface area (Å²) in [6, 6.07) is 12.5. The van der Waals surface area contributed by atoms with E-state index in [-0.39, 0.29) is 10.8 Å². The Labute approximate surface area is 111 Å². The molecule has 94 valence electrons. The summed E-state index contributed by atoms with van der Waals surface area (Å²) in [5.41, 5.74) is 7.88. The Hall–Kier alpha value is -1.74. The molecule has 0 aliphatic heterocycles. The van der Waals surface area contributed by atoms with Gasteiger partial charge < -0.3 is 10.6 Å². The molecule has 18 heavy (non-hydrogen) atoms. The van der Waals surface area contributed by atoms with Gasteiger partial charge in [-0.25, -0.2) is 4.39 Å². The van der Waals surface area contributed by atoms with E-state index in [1.807, 2.05) is 36.2 Å². The third-order valence-corrected chi connectivity index (χ3v) is 3.06. The molecule has 0 aromatic heterocycles. The molecule has 0 heterocycles. The van der Waals surface area contributed by atoms with Gasteiger partial charge in [0.15, 0.2) is 0 Å². The molecule has 0 aliphatic rings. The average Bonchev–Trinajstić information content (AvgIpc) is 2.36. The van der Waals surface area contributed by atoms with E-state index in [2.05, 4.69) is 0 Å². The number of halogens is 2. The molecule has 0 spiro atoms. The molecule has 2 aromatic carbocycles. The lowest BCUT2D eigenvalue weighted by Gasteiger charge is -2.20. The minimum Gasteiger partial charge on any atom is -0.399 e. The van der Waals surface area contributed by atoms with Crippen molar-refractivity contribution in [2.45, 2.75) is 6.54 Å². The third kappa shape index (κ3) is 2.74. The van der Waals surface area contributed by atoms with Gasteiger partial charge in [-0.2, -0.15) is 0 Å². The molecular weight excluding hydrogens is 251 g/mol. The number of rotatable bonds is 3. The van der Waals surface area contributed by atoms with Crippen LogP contribution in [0.25, 0.3) is 0 Å². The molecule has 0 atom stereocenters. The fraction of sp³-hybridized carbons (Fsp3) is 0.143. The quantitative estimate of drug-likeness (QED) is 0.857. The summed E-state index contributed by atoms with van der Waals surface area (Å²) in [4.78, 5) is 1.94. The van der Waals surface area contributed by atoms with Crippen LogP contribution in [0.1, 0.15) is 5.56 Å². The highest BCUT2D eigenvalue weighted by molar-refractivity contribution is 6.30. The van der Waals surface area contributed by atoms with E-state index >= 15 is 0 Å². The van der Waals surface area contributed by atoms with Crippen molar-refractivity contribution in [3.8, 4) is 0 Å². The number of hydrogen-bond acceptors (Lipinski definition) is 2. The Morgan fingerprint density at radius 2 is 1.83 bits per heavy atom. The van der Waals surface area contributed by atoms with Crippen LogP contribution in [-0.2, 0) is 6.54 Å². The predicted molar refractivity (Wildman–Crippen MR) is 74.4 cm³/mol. The topological polar surface area (TPSA) is 29.3 Å². The molecule has 4 heteroatoms. The van der Waals surface area contributed by atoms with Gasteiger partial charge in [0.2, 0.25) is 0 Å². The van der Waals surface area contributed by atoms with Crippen LogP contribution in [-0.4, -0.2) is 7.05 Å². The molecule has 0 saturated carbocycles. The molecule has 0 saturated heterocycles. The van der Waals surface area contributed by atoms with Crippen molar-refractivity contribution in [2.75, 3.05) is 17.7 Å². The lowest BCUT2D eigenvalue weighted by atomic mass is 10.2. The minimum absolute atomic E-state index is 0.151. The van der Waals surface area contributed by atoms with Crippen molar-refractivity contribution >= 4 is 23.0 Å². The average molecular weight is 265 g/mol. The minimum atomic E-state index is -0.360. The molecule has 0 unspecified atom stereocenters. The zero-order valence-corrected chi connectivity index (χ0v) is 10.8. The van der Waals surface area contributed by atoms with Gasteiger partial charge in [0, 0.05) is 30.5 Å². The maximum Gasteiger partial charge on any atom is 0.146 e. The van der Waals surface area contributed by atoms with E-state index in [1.165, 1.54) is 0 Å². The van der Waals surface area contributed by atoms with Gasteiger partial charge in [-0.3, -0.25) is 0 Å². The maximum absolute atomic E-state index is 13.8. The van der Waals surface area contributed by atoms with Crippen molar-refractivity contribution in [2.24, 2.45) is 0 Å². The van der Waals surface area contributed by atoms with Crippen LogP contribution in [0.3, 0.4) is 0 Å². The second kappa shape index (κ2) is 5.27. The Kier molecular flexibility index (Phi) is 3.72. The fourth-order valence-corrected chi connectivity index (χ4v) is 1.94. The summed E-state index contributed by atoms with van der Waals surface area (Å²) in [6.45, 7) is 0.455. The first-order valence-corrected chi connectivity index (χ1v) is 5.95. The molecule has 2 N–H and O–H groups in total. The highest BCUT2D eigenvalue weighted by atomic mass is 35.5. The van der Waals surface area contributed by atoms with Crippen LogP contribution in [0.15, 0.2) is 42.5 Å². The smallest absolute Gasteiger partial charge is 0.146 e. The lowest BCUT2D eigenvalue weighted by Crippen LogP contribution is -2.17. The molecule has 2 nitrogen and oxygen atoms in total. The molecule has 0 amide bonds. The summed E-state index contributed by atoms with van der Waals surface area (Å²) in [7, 11) is 1.89. The zero-order valence-electron chi connectivity index (χ0n) is 10.0. The Morgan fingerprint density at radius 1 is 1.17 bits per heavy atom. The van der Waals surface area contributed by atoms with Crippen LogP contribution in [0.4, 0.5) is 15.8 Å². The van der Waals surface area contributed by atoms with E-state index < -0.39 is 0 Å². The normalized spacial score (nSPS) is 10.4. The molecule has 0 fully saturated rings. The first kappa shape index (κ1) is 12.7. The van der Waals surface area contributed by atoms with E-state index in [9.17, 15) is 4.39 Å². The van der Waals surface area contributed by atoms with Gasteiger partial charge in [0.1, 0.15) is 5.82 Å². The summed E-state index contributed by atoms with van der Waals surface area (Å²) in [5, 5.41) is 0.151. The first-order valence-electron chi connectivity index (χ1n) is 5.57. The molecular formula is C14H14ClFN2.